The van der Waals surface area contributed by atoms with Gasteiger partial charge in [-0.25, -0.2) is 0 Å². The minimum atomic E-state index is -1.60. The lowest BCUT2D eigenvalue weighted by atomic mass is 9.63. The Hall–Kier alpha value is -3.71. The third kappa shape index (κ3) is 1.81. The van der Waals surface area contributed by atoms with E-state index in [-0.39, 0.29) is 34.1 Å². The summed E-state index contributed by atoms with van der Waals surface area (Å²) < 4.78 is 5.42. The Morgan fingerprint density at radius 3 is 2.50 bits per heavy atom. The van der Waals surface area contributed by atoms with E-state index in [9.17, 15) is 14.4 Å². The molecule has 3 aromatic rings. The Kier molecular flexibility index (Phi) is 3.12. The molecule has 0 saturated carbocycles. The van der Waals surface area contributed by atoms with Crippen molar-refractivity contribution in [2.45, 2.75) is 12.3 Å². The van der Waals surface area contributed by atoms with Crippen LogP contribution in [0.5, 0.6) is 0 Å². The molecule has 8 heteroatoms. The van der Waals surface area contributed by atoms with Gasteiger partial charge in [0.25, 0.3) is 0 Å². The highest BCUT2D eigenvalue weighted by Crippen LogP contribution is 2.56. The summed E-state index contributed by atoms with van der Waals surface area (Å²) in [5.74, 6) is -1.08. The molecule has 1 atom stereocenters. The second kappa shape index (κ2) is 5.46. The standard InChI is InChI=1S/C22H12ClN3O4/c1-9-15-20(30-26-9)25-17-16(18(27)11-4-2-3-5-12(11)19(17)28)22(15)13-8-10(23)6-7-14(13)24-21(22)29/h2-8,25H,1H3,(H,24,29). The summed E-state index contributed by atoms with van der Waals surface area (Å²) in [6.45, 7) is 1.69. The molecule has 3 heterocycles. The number of allylic oxidation sites excluding steroid dienone is 1. The molecule has 0 bridgehead atoms. The van der Waals surface area contributed by atoms with Gasteiger partial charge in [0.05, 0.1) is 22.5 Å². The molecule has 2 aliphatic heterocycles. The van der Waals surface area contributed by atoms with Gasteiger partial charge in [-0.1, -0.05) is 41.0 Å². The first-order valence-corrected chi connectivity index (χ1v) is 9.61. The maximum atomic E-state index is 13.7. The van der Waals surface area contributed by atoms with Crippen LogP contribution in [0.2, 0.25) is 5.02 Å². The van der Waals surface area contributed by atoms with Crippen LogP contribution in [0.4, 0.5) is 11.6 Å². The number of nitrogens with zero attached hydrogens (tertiary/aromatic N) is 1. The molecule has 1 aromatic heterocycles. The van der Waals surface area contributed by atoms with Crippen molar-refractivity contribution in [2.24, 2.45) is 0 Å². The van der Waals surface area contributed by atoms with Crippen LogP contribution in [0.15, 0.2) is 58.3 Å². The number of amides is 1. The number of hydrogen-bond donors (Lipinski definition) is 2. The molecule has 0 fully saturated rings. The fraction of sp³-hybridized carbons (Fsp3) is 0.0909. The summed E-state index contributed by atoms with van der Waals surface area (Å²) in [5.41, 5.74) is 0.850. The highest BCUT2D eigenvalue weighted by Gasteiger charge is 2.61. The number of aromatic nitrogens is 1. The zero-order chi connectivity index (χ0) is 20.8. The molecule has 30 heavy (non-hydrogen) atoms. The highest BCUT2D eigenvalue weighted by molar-refractivity contribution is 6.34. The van der Waals surface area contributed by atoms with Crippen molar-refractivity contribution in [1.82, 2.24) is 5.16 Å². The Balaban J connectivity index is 1.78. The van der Waals surface area contributed by atoms with Gasteiger partial charge in [0, 0.05) is 27.4 Å². The number of carbonyl (C=O) groups is 3. The number of anilines is 2. The van der Waals surface area contributed by atoms with Crippen molar-refractivity contribution >= 4 is 40.6 Å². The van der Waals surface area contributed by atoms with Crippen LogP contribution in [-0.4, -0.2) is 22.6 Å². The first-order valence-electron chi connectivity index (χ1n) is 9.23. The van der Waals surface area contributed by atoms with Gasteiger partial charge < -0.3 is 15.2 Å². The van der Waals surface area contributed by atoms with Crippen LogP contribution in [0.3, 0.4) is 0 Å². The average Bonchev–Trinajstić information content (AvgIpc) is 3.24. The summed E-state index contributed by atoms with van der Waals surface area (Å²) in [5, 5.41) is 10.2. The van der Waals surface area contributed by atoms with Gasteiger partial charge in [0.15, 0.2) is 5.78 Å². The predicted octanol–water partition coefficient (Wildman–Crippen LogP) is 3.63. The molecule has 2 aromatic carbocycles. The summed E-state index contributed by atoms with van der Waals surface area (Å²) in [6, 6.07) is 11.5. The number of ketones is 2. The van der Waals surface area contributed by atoms with E-state index in [1.54, 1.807) is 49.4 Å². The van der Waals surface area contributed by atoms with Crippen LogP contribution in [0.1, 0.15) is 37.5 Å². The topological polar surface area (TPSA) is 101 Å². The minimum absolute atomic E-state index is 0.0188. The quantitative estimate of drug-likeness (QED) is 0.579. The first-order chi connectivity index (χ1) is 14.4. The van der Waals surface area contributed by atoms with Gasteiger partial charge in [0.1, 0.15) is 5.41 Å². The van der Waals surface area contributed by atoms with Crippen LogP contribution < -0.4 is 10.6 Å². The zero-order valence-electron chi connectivity index (χ0n) is 15.5. The maximum Gasteiger partial charge on any atom is 0.244 e. The molecule has 1 unspecified atom stereocenters. The number of carbonyl (C=O) groups excluding carboxylic acids is 3. The highest BCUT2D eigenvalue weighted by atomic mass is 35.5. The lowest BCUT2D eigenvalue weighted by Crippen LogP contribution is -2.47. The van der Waals surface area contributed by atoms with E-state index in [0.29, 0.717) is 27.5 Å². The van der Waals surface area contributed by atoms with Gasteiger partial charge in [-0.15, -0.1) is 0 Å². The van der Waals surface area contributed by atoms with E-state index in [1.807, 2.05) is 0 Å². The summed E-state index contributed by atoms with van der Waals surface area (Å²) >= 11 is 6.27. The molecule has 146 valence electrons. The molecule has 2 N–H and O–H groups in total. The summed E-state index contributed by atoms with van der Waals surface area (Å²) in [4.78, 5) is 40.7. The molecule has 0 saturated heterocycles. The van der Waals surface area contributed by atoms with Crippen LogP contribution in [0.25, 0.3) is 0 Å². The van der Waals surface area contributed by atoms with Crippen molar-refractivity contribution < 1.29 is 18.9 Å². The summed E-state index contributed by atoms with van der Waals surface area (Å²) in [6.07, 6.45) is 0. The molecule has 3 aliphatic rings. The van der Waals surface area contributed by atoms with E-state index in [1.165, 1.54) is 0 Å². The Morgan fingerprint density at radius 1 is 1.00 bits per heavy atom. The molecule has 1 aliphatic carbocycles. The van der Waals surface area contributed by atoms with Crippen molar-refractivity contribution in [3.63, 3.8) is 0 Å². The second-order valence-electron chi connectivity index (χ2n) is 7.44. The Morgan fingerprint density at radius 2 is 1.73 bits per heavy atom. The Bertz CT molecular complexity index is 1390. The third-order valence-corrected chi connectivity index (χ3v) is 6.18. The van der Waals surface area contributed by atoms with Crippen molar-refractivity contribution in [1.29, 1.82) is 0 Å². The van der Waals surface area contributed by atoms with E-state index in [0.717, 1.165) is 0 Å². The van der Waals surface area contributed by atoms with E-state index in [4.69, 9.17) is 16.1 Å². The molecular weight excluding hydrogens is 406 g/mol. The minimum Gasteiger partial charge on any atom is -0.338 e. The smallest absolute Gasteiger partial charge is 0.244 e. The number of fused-ring (bicyclic) bond motifs is 6. The number of Topliss-reactive ketones (excluding diaryl/α,β-unsaturated/α-hetero) is 2. The van der Waals surface area contributed by atoms with Crippen LogP contribution in [0, 0.1) is 6.92 Å². The van der Waals surface area contributed by atoms with Gasteiger partial charge in [-0.3, -0.25) is 14.4 Å². The fourth-order valence-electron chi connectivity index (χ4n) is 4.76. The summed E-state index contributed by atoms with van der Waals surface area (Å²) in [7, 11) is 0. The first kappa shape index (κ1) is 17.2. The average molecular weight is 418 g/mol. The van der Waals surface area contributed by atoms with Crippen LogP contribution >= 0.6 is 11.6 Å². The Labute approximate surface area is 174 Å². The van der Waals surface area contributed by atoms with E-state index < -0.39 is 17.1 Å². The number of hydrogen-bond acceptors (Lipinski definition) is 6. The maximum absolute atomic E-state index is 13.7. The second-order valence-corrected chi connectivity index (χ2v) is 7.88. The monoisotopic (exact) mass is 417 g/mol. The van der Waals surface area contributed by atoms with Crippen molar-refractivity contribution in [2.75, 3.05) is 10.6 Å². The molecular formula is C22H12ClN3O4. The molecule has 1 amide bonds. The van der Waals surface area contributed by atoms with E-state index in [2.05, 4.69) is 15.8 Å². The fourth-order valence-corrected chi connectivity index (χ4v) is 4.93. The number of aryl methyl sites for hydroxylation is 1. The lowest BCUT2D eigenvalue weighted by molar-refractivity contribution is -0.118. The largest absolute Gasteiger partial charge is 0.338 e. The lowest BCUT2D eigenvalue weighted by Gasteiger charge is -2.37. The van der Waals surface area contributed by atoms with Gasteiger partial charge in [-0.2, -0.15) is 0 Å². The molecule has 0 radical (unpaired) electrons. The molecule has 1 spiro atoms. The van der Waals surface area contributed by atoms with Crippen molar-refractivity contribution in [3.8, 4) is 0 Å². The normalized spacial score (nSPS) is 21.1. The van der Waals surface area contributed by atoms with E-state index >= 15 is 0 Å². The number of rotatable bonds is 0. The van der Waals surface area contributed by atoms with Crippen LogP contribution in [-0.2, 0) is 10.2 Å². The number of benzene rings is 2. The SMILES string of the molecule is Cc1noc2c1C1(C(=O)Nc3ccc(Cl)cc31)C1=C(N2)C(=O)c2ccccc2C1=O. The molecule has 6 rings (SSSR count). The van der Waals surface area contributed by atoms with Gasteiger partial charge >= 0.3 is 0 Å². The zero-order valence-corrected chi connectivity index (χ0v) is 16.3. The third-order valence-electron chi connectivity index (χ3n) is 5.95. The van der Waals surface area contributed by atoms with Gasteiger partial charge in [0.2, 0.25) is 17.6 Å². The predicted molar refractivity (Wildman–Crippen MR) is 108 cm³/mol. The van der Waals surface area contributed by atoms with Crippen molar-refractivity contribution in [3.05, 3.63) is 86.7 Å². The molecule has 7 nitrogen and oxygen atoms in total. The number of nitrogens with one attached hydrogen (secondary N) is 2. The van der Waals surface area contributed by atoms with Gasteiger partial charge in [-0.05, 0) is 25.1 Å². The number of halogens is 1.